The molecule has 1 heterocycles. The number of ether oxygens (including phenoxy) is 1. The van der Waals surface area contributed by atoms with Crippen molar-refractivity contribution in [2.75, 3.05) is 11.9 Å². The topological polar surface area (TPSA) is 56.2 Å². The molecule has 0 fully saturated rings. The Morgan fingerprint density at radius 2 is 1.81 bits per heavy atom. The molecule has 4 rings (SSSR count). The third kappa shape index (κ3) is 3.40. The molecule has 0 atom stereocenters. The van der Waals surface area contributed by atoms with Crippen LogP contribution in [0.2, 0.25) is 0 Å². The standard InChI is InChI=1S/C21H18BrN3O2/c1-2-11-25-12-19(22)20(24-25)23-21(26)27-13-18-16-9-5-3-7-14(16)15-8-4-6-10-17(15)18/h2-10,12,18H,1,11,13H2,(H,23,24,26). The Labute approximate surface area is 165 Å². The van der Waals surface area contributed by atoms with Gasteiger partial charge in [-0.05, 0) is 38.2 Å². The zero-order valence-electron chi connectivity index (χ0n) is 14.6. The molecule has 5 nitrogen and oxygen atoms in total. The fourth-order valence-corrected chi connectivity index (χ4v) is 3.85. The van der Waals surface area contributed by atoms with E-state index in [1.54, 1.807) is 17.0 Å². The van der Waals surface area contributed by atoms with Crippen molar-refractivity contribution in [2.24, 2.45) is 0 Å². The lowest BCUT2D eigenvalue weighted by Gasteiger charge is -2.14. The Hall–Kier alpha value is -2.86. The van der Waals surface area contributed by atoms with Crippen LogP contribution < -0.4 is 5.32 Å². The number of amides is 1. The largest absolute Gasteiger partial charge is 0.448 e. The van der Waals surface area contributed by atoms with Crippen molar-refractivity contribution in [1.29, 1.82) is 0 Å². The van der Waals surface area contributed by atoms with E-state index in [9.17, 15) is 4.79 Å². The van der Waals surface area contributed by atoms with E-state index in [0.29, 0.717) is 16.8 Å². The first-order valence-electron chi connectivity index (χ1n) is 8.63. The van der Waals surface area contributed by atoms with Gasteiger partial charge in [0.15, 0.2) is 5.82 Å². The van der Waals surface area contributed by atoms with E-state index in [1.165, 1.54) is 22.3 Å². The number of allylic oxidation sites excluding steroid dienone is 1. The Morgan fingerprint density at radius 3 is 2.44 bits per heavy atom. The summed E-state index contributed by atoms with van der Waals surface area (Å²) in [7, 11) is 0. The van der Waals surface area contributed by atoms with E-state index in [-0.39, 0.29) is 12.5 Å². The van der Waals surface area contributed by atoms with Gasteiger partial charge in [-0.2, -0.15) is 5.10 Å². The fourth-order valence-electron chi connectivity index (χ4n) is 3.44. The summed E-state index contributed by atoms with van der Waals surface area (Å²) in [5, 5.41) is 6.96. The fraction of sp³-hybridized carbons (Fsp3) is 0.143. The summed E-state index contributed by atoms with van der Waals surface area (Å²) in [6, 6.07) is 16.5. The number of carbonyl (C=O) groups is 1. The van der Waals surface area contributed by atoms with Gasteiger partial charge in [-0.3, -0.25) is 10.00 Å². The number of rotatable bonds is 5. The van der Waals surface area contributed by atoms with Gasteiger partial charge in [0, 0.05) is 12.1 Å². The molecule has 0 aliphatic heterocycles. The van der Waals surface area contributed by atoms with Crippen molar-refractivity contribution in [3.63, 3.8) is 0 Å². The van der Waals surface area contributed by atoms with Crippen molar-refractivity contribution in [2.45, 2.75) is 12.5 Å². The predicted molar refractivity (Wildman–Crippen MR) is 109 cm³/mol. The summed E-state index contributed by atoms with van der Waals surface area (Å²) in [5.74, 6) is 0.457. The Balaban J connectivity index is 1.47. The Kier molecular flexibility index (Phi) is 4.81. The number of carbonyl (C=O) groups excluding carboxylic acids is 1. The lowest BCUT2D eigenvalue weighted by molar-refractivity contribution is 0.158. The number of benzene rings is 2. The molecule has 3 aromatic rings. The number of hydrogen-bond acceptors (Lipinski definition) is 3. The maximum absolute atomic E-state index is 12.3. The molecule has 0 saturated carbocycles. The minimum absolute atomic E-state index is 0.0323. The van der Waals surface area contributed by atoms with Gasteiger partial charge in [-0.1, -0.05) is 54.6 Å². The molecule has 1 aromatic heterocycles. The number of aromatic nitrogens is 2. The molecule has 0 saturated heterocycles. The minimum atomic E-state index is -0.526. The van der Waals surface area contributed by atoms with Crippen LogP contribution in [0.4, 0.5) is 10.6 Å². The monoisotopic (exact) mass is 423 g/mol. The molecule has 0 radical (unpaired) electrons. The van der Waals surface area contributed by atoms with Crippen molar-refractivity contribution in [3.05, 3.63) is 83.0 Å². The van der Waals surface area contributed by atoms with Crippen LogP contribution in [0.15, 0.2) is 71.9 Å². The minimum Gasteiger partial charge on any atom is -0.448 e. The van der Waals surface area contributed by atoms with Crippen molar-refractivity contribution >= 4 is 27.8 Å². The molecule has 0 bridgehead atoms. The van der Waals surface area contributed by atoms with Gasteiger partial charge in [0.25, 0.3) is 0 Å². The number of anilines is 1. The zero-order valence-corrected chi connectivity index (χ0v) is 16.1. The number of nitrogens with zero attached hydrogens (tertiary/aromatic N) is 2. The highest BCUT2D eigenvalue weighted by Crippen LogP contribution is 2.44. The van der Waals surface area contributed by atoms with E-state index in [2.05, 4.69) is 57.2 Å². The smallest absolute Gasteiger partial charge is 0.412 e. The lowest BCUT2D eigenvalue weighted by Crippen LogP contribution is -2.18. The lowest BCUT2D eigenvalue weighted by atomic mass is 9.98. The van der Waals surface area contributed by atoms with Crippen LogP contribution in [0, 0.1) is 0 Å². The van der Waals surface area contributed by atoms with Gasteiger partial charge in [-0.25, -0.2) is 4.79 Å². The molecule has 1 aliphatic carbocycles. The molecule has 1 amide bonds. The molecule has 6 heteroatoms. The molecule has 1 aliphatic rings. The van der Waals surface area contributed by atoms with E-state index in [0.717, 1.165) is 0 Å². The highest BCUT2D eigenvalue weighted by molar-refractivity contribution is 9.10. The second-order valence-corrected chi connectivity index (χ2v) is 7.14. The van der Waals surface area contributed by atoms with Crippen LogP contribution in [-0.4, -0.2) is 22.5 Å². The van der Waals surface area contributed by atoms with Crippen LogP contribution in [0.25, 0.3) is 11.1 Å². The summed E-state index contributed by atoms with van der Waals surface area (Å²) in [6.07, 6.45) is 2.98. The summed E-state index contributed by atoms with van der Waals surface area (Å²) in [4.78, 5) is 12.3. The quantitative estimate of drug-likeness (QED) is 0.574. The number of hydrogen-bond donors (Lipinski definition) is 1. The van der Waals surface area contributed by atoms with Gasteiger partial charge in [0.2, 0.25) is 0 Å². The third-order valence-electron chi connectivity index (χ3n) is 4.60. The van der Waals surface area contributed by atoms with E-state index >= 15 is 0 Å². The first kappa shape index (κ1) is 17.5. The SMILES string of the molecule is C=CCn1cc(Br)c(NC(=O)OCC2c3ccccc3-c3ccccc32)n1. The molecular weight excluding hydrogens is 406 g/mol. The van der Waals surface area contributed by atoms with Gasteiger partial charge >= 0.3 is 6.09 Å². The molecule has 27 heavy (non-hydrogen) atoms. The number of halogens is 1. The molecule has 0 spiro atoms. The summed E-state index contributed by atoms with van der Waals surface area (Å²) < 4.78 is 7.90. The van der Waals surface area contributed by atoms with Gasteiger partial charge in [0.05, 0.1) is 11.0 Å². The van der Waals surface area contributed by atoms with Crippen LogP contribution in [0.3, 0.4) is 0 Å². The molecule has 0 unspecified atom stereocenters. The highest BCUT2D eigenvalue weighted by Gasteiger charge is 2.29. The average Bonchev–Trinajstić information content (AvgIpc) is 3.18. The third-order valence-corrected chi connectivity index (χ3v) is 5.18. The maximum Gasteiger partial charge on any atom is 0.412 e. The Bertz CT molecular complexity index is 967. The van der Waals surface area contributed by atoms with Crippen molar-refractivity contribution in [1.82, 2.24) is 9.78 Å². The van der Waals surface area contributed by atoms with Gasteiger partial charge in [-0.15, -0.1) is 6.58 Å². The first-order valence-corrected chi connectivity index (χ1v) is 9.42. The summed E-state index contributed by atoms with van der Waals surface area (Å²) >= 11 is 3.39. The molecule has 1 N–H and O–H groups in total. The first-order chi connectivity index (χ1) is 13.2. The maximum atomic E-state index is 12.3. The van der Waals surface area contributed by atoms with Gasteiger partial charge < -0.3 is 4.74 Å². The second-order valence-electron chi connectivity index (χ2n) is 6.29. The van der Waals surface area contributed by atoms with Crippen LogP contribution in [0.5, 0.6) is 0 Å². The highest BCUT2D eigenvalue weighted by atomic mass is 79.9. The zero-order chi connectivity index (χ0) is 18.8. The summed E-state index contributed by atoms with van der Waals surface area (Å²) in [6.45, 7) is 4.51. The molecule has 2 aromatic carbocycles. The van der Waals surface area contributed by atoms with Crippen LogP contribution in [-0.2, 0) is 11.3 Å². The molecule has 136 valence electrons. The van der Waals surface area contributed by atoms with Crippen molar-refractivity contribution in [3.8, 4) is 11.1 Å². The second kappa shape index (κ2) is 7.40. The van der Waals surface area contributed by atoms with E-state index in [4.69, 9.17) is 4.74 Å². The van der Waals surface area contributed by atoms with Gasteiger partial charge in [0.1, 0.15) is 6.61 Å². The van der Waals surface area contributed by atoms with Crippen LogP contribution >= 0.6 is 15.9 Å². The van der Waals surface area contributed by atoms with E-state index < -0.39 is 6.09 Å². The normalized spacial score (nSPS) is 12.3. The van der Waals surface area contributed by atoms with Crippen LogP contribution in [0.1, 0.15) is 17.0 Å². The predicted octanol–water partition coefficient (Wildman–Crippen LogP) is 5.19. The van der Waals surface area contributed by atoms with E-state index in [1.807, 2.05) is 24.3 Å². The average molecular weight is 424 g/mol. The number of nitrogens with one attached hydrogen (secondary N) is 1. The van der Waals surface area contributed by atoms with Crippen molar-refractivity contribution < 1.29 is 9.53 Å². The number of fused-ring (bicyclic) bond motifs is 3. The Morgan fingerprint density at radius 1 is 1.19 bits per heavy atom. The summed E-state index contributed by atoms with van der Waals surface area (Å²) in [5.41, 5.74) is 4.77. The molecular formula is C21H18BrN3O2.